The fourth-order valence-electron chi connectivity index (χ4n) is 1.03. The second kappa shape index (κ2) is 2.62. The molecule has 0 amide bonds. The van der Waals surface area contributed by atoms with Crippen LogP contribution < -0.4 is 0 Å². The zero-order chi connectivity index (χ0) is 7.68. The number of rotatable bonds is 1. The molecule has 0 atom stereocenters. The molecule has 11 heavy (non-hydrogen) atoms. The summed E-state index contributed by atoms with van der Waals surface area (Å²) in [7, 11) is -0.247. The van der Waals surface area contributed by atoms with Crippen LogP contribution in [0.2, 0.25) is 0 Å². The van der Waals surface area contributed by atoms with E-state index in [-0.39, 0.29) is 10.9 Å². The van der Waals surface area contributed by atoms with Crippen LogP contribution in [-0.2, 0) is 0 Å². The molecule has 0 fully saturated rings. The maximum atomic E-state index is 5.37. The molecule has 0 aromatic carbocycles. The van der Waals surface area contributed by atoms with Crippen molar-refractivity contribution in [2.24, 2.45) is 0 Å². The highest BCUT2D eigenvalue weighted by atomic mass is 32.2. The fourth-order valence-corrected chi connectivity index (χ4v) is 2.52. The van der Waals surface area contributed by atoms with E-state index >= 15 is 0 Å². The molecule has 0 saturated heterocycles. The Balaban J connectivity index is 2.29. The molecule has 0 spiro atoms. The molecule has 0 bridgehead atoms. The van der Waals surface area contributed by atoms with Crippen LogP contribution in [0.5, 0.6) is 0 Å². The lowest BCUT2D eigenvalue weighted by Crippen LogP contribution is -1.65. The summed E-state index contributed by atoms with van der Waals surface area (Å²) >= 11 is 0. The normalized spacial score (nSPS) is 18.1. The van der Waals surface area contributed by atoms with Crippen molar-refractivity contribution < 1.29 is 4.42 Å². The lowest BCUT2D eigenvalue weighted by molar-refractivity contribution is 0.473. The fraction of sp³-hybridized carbons (Fsp3) is 0.111. The maximum Gasteiger partial charge on any atom is 0.147 e. The largest absolute Gasteiger partial charge is 0.459 e. The predicted octanol–water partition coefficient (Wildman–Crippen LogP) is 2.99. The summed E-state index contributed by atoms with van der Waals surface area (Å²) in [5, 5.41) is 5.48. The number of allylic oxidation sites excluding steroid dienone is 2. The van der Waals surface area contributed by atoms with Gasteiger partial charge < -0.3 is 4.42 Å². The third-order valence-corrected chi connectivity index (χ3v) is 3.31. The molecule has 1 aliphatic rings. The van der Waals surface area contributed by atoms with Crippen molar-refractivity contribution in [1.29, 1.82) is 0 Å². The molecule has 1 aliphatic heterocycles. The first-order chi connectivity index (χ1) is 5.36. The van der Waals surface area contributed by atoms with Crippen molar-refractivity contribution in [2.45, 2.75) is 12.0 Å². The standard InChI is InChI=1S/C9H10OS/c1-8-6-9(10-7-8)11-4-2-3-5-11/h2-7,11H,1H3. The third kappa shape index (κ3) is 1.26. The highest BCUT2D eigenvalue weighted by molar-refractivity contribution is 8.22. The van der Waals surface area contributed by atoms with Crippen LogP contribution >= 0.6 is 10.9 Å². The number of aryl methyl sites for hydroxylation is 1. The summed E-state index contributed by atoms with van der Waals surface area (Å²) in [5.74, 6) is 0. The van der Waals surface area contributed by atoms with Gasteiger partial charge in [-0.05, 0) is 29.4 Å². The Bertz CT molecular complexity index is 297. The number of furan rings is 1. The van der Waals surface area contributed by atoms with Crippen molar-refractivity contribution in [3.8, 4) is 0 Å². The van der Waals surface area contributed by atoms with E-state index in [1.54, 1.807) is 6.26 Å². The van der Waals surface area contributed by atoms with Crippen LogP contribution in [0.3, 0.4) is 0 Å². The Morgan fingerprint density at radius 1 is 1.27 bits per heavy atom. The van der Waals surface area contributed by atoms with Crippen LogP contribution in [-0.4, -0.2) is 0 Å². The van der Waals surface area contributed by atoms with Gasteiger partial charge in [0, 0.05) is 0 Å². The van der Waals surface area contributed by atoms with Gasteiger partial charge in [0.25, 0.3) is 0 Å². The molecule has 0 N–H and O–H groups in total. The first kappa shape index (κ1) is 6.80. The van der Waals surface area contributed by atoms with E-state index in [0.717, 1.165) is 5.09 Å². The smallest absolute Gasteiger partial charge is 0.147 e. The Morgan fingerprint density at radius 2 is 2.00 bits per heavy atom. The highest BCUT2D eigenvalue weighted by Gasteiger charge is 2.05. The van der Waals surface area contributed by atoms with Gasteiger partial charge in [0.05, 0.1) is 6.26 Å². The minimum atomic E-state index is -0.247. The summed E-state index contributed by atoms with van der Waals surface area (Å²) in [6.07, 6.45) is 5.95. The molecule has 0 radical (unpaired) electrons. The lowest BCUT2D eigenvalue weighted by Gasteiger charge is -2.03. The monoisotopic (exact) mass is 166 g/mol. The minimum Gasteiger partial charge on any atom is -0.459 e. The molecular weight excluding hydrogens is 156 g/mol. The van der Waals surface area contributed by atoms with E-state index in [2.05, 4.69) is 29.0 Å². The van der Waals surface area contributed by atoms with Gasteiger partial charge in [0.1, 0.15) is 5.09 Å². The topological polar surface area (TPSA) is 13.1 Å². The van der Waals surface area contributed by atoms with E-state index in [4.69, 9.17) is 4.42 Å². The molecule has 58 valence electrons. The van der Waals surface area contributed by atoms with E-state index in [9.17, 15) is 0 Å². The van der Waals surface area contributed by atoms with E-state index in [1.165, 1.54) is 5.56 Å². The van der Waals surface area contributed by atoms with Gasteiger partial charge in [-0.2, -0.15) is 10.9 Å². The molecule has 0 aliphatic carbocycles. The molecule has 2 heteroatoms. The summed E-state index contributed by atoms with van der Waals surface area (Å²) in [4.78, 5) is 0. The first-order valence-corrected chi connectivity index (χ1v) is 5.03. The van der Waals surface area contributed by atoms with Gasteiger partial charge in [-0.3, -0.25) is 0 Å². The summed E-state index contributed by atoms with van der Waals surface area (Å²) in [6, 6.07) is 2.10. The summed E-state index contributed by atoms with van der Waals surface area (Å²) < 4.78 is 5.37. The molecule has 0 unspecified atom stereocenters. The number of hydrogen-bond donors (Lipinski definition) is 1. The van der Waals surface area contributed by atoms with Crippen LogP contribution in [0.4, 0.5) is 0 Å². The molecule has 1 aromatic heterocycles. The van der Waals surface area contributed by atoms with Crippen LogP contribution in [0, 0.1) is 6.92 Å². The lowest BCUT2D eigenvalue weighted by atomic mass is 10.4. The predicted molar refractivity (Wildman–Crippen MR) is 49.0 cm³/mol. The first-order valence-electron chi connectivity index (χ1n) is 3.55. The zero-order valence-electron chi connectivity index (χ0n) is 6.32. The Kier molecular flexibility index (Phi) is 1.62. The summed E-state index contributed by atoms with van der Waals surface area (Å²) in [5.41, 5.74) is 1.20. The van der Waals surface area contributed by atoms with Gasteiger partial charge in [-0.15, -0.1) is 0 Å². The third-order valence-electron chi connectivity index (χ3n) is 1.58. The van der Waals surface area contributed by atoms with Gasteiger partial charge >= 0.3 is 0 Å². The van der Waals surface area contributed by atoms with Crippen LogP contribution in [0.25, 0.3) is 0 Å². The summed E-state index contributed by atoms with van der Waals surface area (Å²) in [6.45, 7) is 2.05. The molecule has 1 nitrogen and oxygen atoms in total. The molecule has 1 aromatic rings. The van der Waals surface area contributed by atoms with Crippen molar-refractivity contribution in [3.05, 3.63) is 40.9 Å². The number of thiol groups is 1. The van der Waals surface area contributed by atoms with E-state index < -0.39 is 0 Å². The Morgan fingerprint density at radius 3 is 2.55 bits per heavy atom. The van der Waals surface area contributed by atoms with E-state index in [0.29, 0.717) is 0 Å². The van der Waals surface area contributed by atoms with Crippen LogP contribution in [0.15, 0.2) is 44.8 Å². The van der Waals surface area contributed by atoms with Gasteiger partial charge in [0.15, 0.2) is 0 Å². The second-order valence-corrected chi connectivity index (χ2v) is 4.40. The second-order valence-electron chi connectivity index (χ2n) is 2.55. The van der Waals surface area contributed by atoms with Gasteiger partial charge in [-0.1, -0.05) is 12.2 Å². The molecule has 2 heterocycles. The Labute approximate surface area is 68.8 Å². The average molecular weight is 166 g/mol. The van der Waals surface area contributed by atoms with Crippen molar-refractivity contribution in [3.63, 3.8) is 0 Å². The van der Waals surface area contributed by atoms with Crippen molar-refractivity contribution >= 4 is 10.9 Å². The van der Waals surface area contributed by atoms with Crippen molar-refractivity contribution in [2.75, 3.05) is 0 Å². The minimum absolute atomic E-state index is 0.247. The Hall–Kier alpha value is -0.890. The quantitative estimate of drug-likeness (QED) is 0.633. The van der Waals surface area contributed by atoms with Gasteiger partial charge in [-0.25, -0.2) is 0 Å². The molecule has 2 rings (SSSR count). The van der Waals surface area contributed by atoms with Crippen LogP contribution in [0.1, 0.15) is 5.56 Å². The number of hydrogen-bond acceptors (Lipinski definition) is 1. The SMILES string of the molecule is Cc1coc([SH]2C=CC=C2)c1. The maximum absolute atomic E-state index is 5.37. The zero-order valence-corrected chi connectivity index (χ0v) is 7.21. The highest BCUT2D eigenvalue weighted by Crippen LogP contribution is 2.42. The average Bonchev–Trinajstić information content (AvgIpc) is 2.55. The van der Waals surface area contributed by atoms with Gasteiger partial charge in [0.2, 0.25) is 0 Å². The molecular formula is C9H10OS. The van der Waals surface area contributed by atoms with E-state index in [1.807, 2.05) is 6.92 Å². The van der Waals surface area contributed by atoms with Crippen molar-refractivity contribution in [1.82, 2.24) is 0 Å². The molecule has 0 saturated carbocycles.